The van der Waals surface area contributed by atoms with Gasteiger partial charge in [0, 0.05) is 25.5 Å². The van der Waals surface area contributed by atoms with Crippen molar-refractivity contribution in [3.8, 4) is 0 Å². The van der Waals surface area contributed by atoms with Gasteiger partial charge in [-0.25, -0.2) is 4.98 Å². The minimum absolute atomic E-state index is 0.0868. The van der Waals surface area contributed by atoms with E-state index in [9.17, 15) is 4.79 Å². The fourth-order valence-electron chi connectivity index (χ4n) is 1.79. The van der Waals surface area contributed by atoms with E-state index in [0.29, 0.717) is 18.0 Å². The third kappa shape index (κ3) is 3.37. The molecule has 102 valence electrons. The summed E-state index contributed by atoms with van der Waals surface area (Å²) < 4.78 is 5.85. The Morgan fingerprint density at radius 3 is 3.05 bits per heavy atom. The Balaban J connectivity index is 1.87. The summed E-state index contributed by atoms with van der Waals surface area (Å²) in [5, 5.41) is 6.88. The van der Waals surface area contributed by atoms with Gasteiger partial charge in [-0.1, -0.05) is 17.8 Å². The van der Waals surface area contributed by atoms with Gasteiger partial charge < -0.3 is 9.88 Å². The molecule has 2 aromatic heterocycles. The molecule has 0 aromatic carbocycles. The highest BCUT2D eigenvalue weighted by Crippen LogP contribution is 2.12. The maximum absolute atomic E-state index is 12.0. The van der Waals surface area contributed by atoms with Crippen LogP contribution in [-0.4, -0.2) is 31.6 Å². The van der Waals surface area contributed by atoms with Crippen LogP contribution < -0.4 is 5.32 Å². The molecule has 0 aliphatic heterocycles. The van der Waals surface area contributed by atoms with E-state index in [1.807, 2.05) is 17.7 Å². The molecule has 0 fully saturated rings. The number of nitrogens with zero attached hydrogens (tertiary/aromatic N) is 4. The van der Waals surface area contributed by atoms with Gasteiger partial charge in [0.05, 0.1) is 5.69 Å². The molecule has 19 heavy (non-hydrogen) atoms. The largest absolute Gasteiger partial charge is 0.349 e. The first kappa shape index (κ1) is 13.7. The fraction of sp³-hybridized carbons (Fsp3) is 0.500. The summed E-state index contributed by atoms with van der Waals surface area (Å²) in [6.45, 7) is 5.28. The van der Waals surface area contributed by atoms with Crippen LogP contribution in [0.25, 0.3) is 0 Å². The number of hydrogen-bond donors (Lipinski definition) is 1. The van der Waals surface area contributed by atoms with Crippen LogP contribution >= 0.6 is 11.5 Å². The van der Waals surface area contributed by atoms with E-state index in [2.05, 4.69) is 26.8 Å². The van der Waals surface area contributed by atoms with Crippen molar-refractivity contribution >= 4 is 17.4 Å². The summed E-state index contributed by atoms with van der Waals surface area (Å²) in [4.78, 5) is 16.8. The smallest absolute Gasteiger partial charge is 0.265 e. The molecule has 0 saturated heterocycles. The number of carbonyl (C=O) groups is 1. The minimum Gasteiger partial charge on any atom is -0.349 e. The van der Waals surface area contributed by atoms with Gasteiger partial charge in [-0.2, -0.15) is 0 Å². The molecule has 6 nitrogen and oxygen atoms in total. The van der Waals surface area contributed by atoms with Gasteiger partial charge in [0.1, 0.15) is 10.7 Å². The quantitative estimate of drug-likeness (QED) is 0.868. The Bertz CT molecular complexity index is 548. The van der Waals surface area contributed by atoms with Crippen LogP contribution in [0, 0.1) is 6.92 Å². The van der Waals surface area contributed by atoms with E-state index in [0.717, 1.165) is 35.9 Å². The Kier molecular flexibility index (Phi) is 4.62. The van der Waals surface area contributed by atoms with Crippen molar-refractivity contribution in [2.45, 2.75) is 33.2 Å². The number of hydrogen-bond acceptors (Lipinski definition) is 5. The average Bonchev–Trinajstić information content (AvgIpc) is 3.00. The molecule has 0 atom stereocenters. The van der Waals surface area contributed by atoms with Crippen molar-refractivity contribution in [1.29, 1.82) is 0 Å². The lowest BCUT2D eigenvalue weighted by Gasteiger charge is -2.06. The van der Waals surface area contributed by atoms with Gasteiger partial charge in [0.2, 0.25) is 0 Å². The molecule has 7 heteroatoms. The maximum atomic E-state index is 12.0. The lowest BCUT2D eigenvalue weighted by molar-refractivity contribution is 0.0955. The topological polar surface area (TPSA) is 72.7 Å². The van der Waals surface area contributed by atoms with Crippen LogP contribution in [-0.2, 0) is 13.0 Å². The SMILES string of the molecule is CCCc1nnsc1C(=O)NCCn1ccnc1C. The molecule has 0 radical (unpaired) electrons. The first-order valence-corrected chi connectivity index (χ1v) is 7.07. The second-order valence-corrected chi connectivity index (χ2v) is 4.98. The van der Waals surface area contributed by atoms with E-state index < -0.39 is 0 Å². The molecule has 0 saturated carbocycles. The first-order chi connectivity index (χ1) is 9.22. The van der Waals surface area contributed by atoms with Crippen molar-refractivity contribution in [3.05, 3.63) is 28.8 Å². The van der Waals surface area contributed by atoms with Crippen molar-refractivity contribution < 1.29 is 4.79 Å². The van der Waals surface area contributed by atoms with Crippen LogP contribution in [0.4, 0.5) is 0 Å². The highest BCUT2D eigenvalue weighted by molar-refractivity contribution is 7.08. The minimum atomic E-state index is -0.0868. The van der Waals surface area contributed by atoms with Gasteiger partial charge in [-0.05, 0) is 24.9 Å². The lowest BCUT2D eigenvalue weighted by atomic mass is 10.2. The molecular formula is C12H17N5OS. The van der Waals surface area contributed by atoms with Crippen molar-refractivity contribution in [3.63, 3.8) is 0 Å². The Hall–Kier alpha value is -1.76. The normalized spacial score (nSPS) is 10.6. The molecule has 1 amide bonds. The zero-order valence-corrected chi connectivity index (χ0v) is 11.9. The molecular weight excluding hydrogens is 262 g/mol. The second-order valence-electron chi connectivity index (χ2n) is 4.22. The van der Waals surface area contributed by atoms with Crippen LogP contribution in [0.5, 0.6) is 0 Å². The summed E-state index contributed by atoms with van der Waals surface area (Å²) >= 11 is 1.16. The number of imidazole rings is 1. The fourth-order valence-corrected chi connectivity index (χ4v) is 2.42. The van der Waals surface area contributed by atoms with Gasteiger partial charge in [-0.3, -0.25) is 4.79 Å². The monoisotopic (exact) mass is 279 g/mol. The predicted molar refractivity (Wildman–Crippen MR) is 73.2 cm³/mol. The van der Waals surface area contributed by atoms with Gasteiger partial charge in [0.25, 0.3) is 5.91 Å². The zero-order valence-electron chi connectivity index (χ0n) is 11.1. The Morgan fingerprint density at radius 1 is 1.53 bits per heavy atom. The number of amides is 1. The Labute approximate surface area is 116 Å². The van der Waals surface area contributed by atoms with Crippen molar-refractivity contribution in [1.82, 2.24) is 24.5 Å². The van der Waals surface area contributed by atoms with E-state index in [4.69, 9.17) is 0 Å². The molecule has 2 rings (SSSR count). The van der Waals surface area contributed by atoms with Crippen molar-refractivity contribution in [2.24, 2.45) is 0 Å². The summed E-state index contributed by atoms with van der Waals surface area (Å²) in [5.74, 6) is 0.858. The number of carbonyl (C=O) groups excluding carboxylic acids is 1. The van der Waals surface area contributed by atoms with Crippen molar-refractivity contribution in [2.75, 3.05) is 6.54 Å². The zero-order chi connectivity index (χ0) is 13.7. The summed E-state index contributed by atoms with van der Waals surface area (Å²) in [6, 6.07) is 0. The van der Waals surface area contributed by atoms with Crippen LogP contribution in [0.15, 0.2) is 12.4 Å². The number of nitrogens with one attached hydrogen (secondary N) is 1. The summed E-state index contributed by atoms with van der Waals surface area (Å²) in [6.07, 6.45) is 5.40. The van der Waals surface area contributed by atoms with E-state index in [1.165, 1.54) is 0 Å². The van der Waals surface area contributed by atoms with Gasteiger partial charge >= 0.3 is 0 Å². The molecule has 0 aliphatic carbocycles. The molecule has 2 aromatic rings. The number of rotatable bonds is 6. The summed E-state index contributed by atoms with van der Waals surface area (Å²) in [5.41, 5.74) is 0.795. The van der Waals surface area contributed by atoms with Crippen LogP contribution in [0.3, 0.4) is 0 Å². The highest BCUT2D eigenvalue weighted by atomic mass is 32.1. The number of aryl methyl sites for hydroxylation is 2. The molecule has 0 unspecified atom stereocenters. The lowest BCUT2D eigenvalue weighted by Crippen LogP contribution is -2.27. The van der Waals surface area contributed by atoms with E-state index >= 15 is 0 Å². The van der Waals surface area contributed by atoms with E-state index in [1.54, 1.807) is 6.20 Å². The number of aromatic nitrogens is 4. The van der Waals surface area contributed by atoms with E-state index in [-0.39, 0.29) is 5.91 Å². The summed E-state index contributed by atoms with van der Waals surface area (Å²) in [7, 11) is 0. The van der Waals surface area contributed by atoms with Gasteiger partial charge in [0.15, 0.2) is 0 Å². The highest BCUT2D eigenvalue weighted by Gasteiger charge is 2.14. The first-order valence-electron chi connectivity index (χ1n) is 6.29. The van der Waals surface area contributed by atoms with Gasteiger partial charge in [-0.15, -0.1) is 5.10 Å². The second kappa shape index (κ2) is 6.42. The molecule has 0 bridgehead atoms. The Morgan fingerprint density at radius 2 is 2.37 bits per heavy atom. The standard InChI is InChI=1S/C12H17N5OS/c1-3-4-10-11(19-16-15-10)12(18)14-6-8-17-7-5-13-9(17)2/h5,7H,3-4,6,8H2,1-2H3,(H,14,18). The van der Waals surface area contributed by atoms with Crippen LogP contribution in [0.2, 0.25) is 0 Å². The predicted octanol–water partition coefficient (Wildman–Crippen LogP) is 1.43. The third-order valence-electron chi connectivity index (χ3n) is 2.81. The molecule has 1 N–H and O–H groups in total. The molecule has 2 heterocycles. The van der Waals surface area contributed by atoms with Crippen LogP contribution in [0.1, 0.15) is 34.5 Å². The third-order valence-corrected chi connectivity index (χ3v) is 3.58. The maximum Gasteiger partial charge on any atom is 0.265 e. The molecule has 0 spiro atoms. The average molecular weight is 279 g/mol. The molecule has 0 aliphatic rings.